The molecule has 2 saturated heterocycles. The molecule has 31 heavy (non-hydrogen) atoms. The molecule has 0 spiro atoms. The highest BCUT2D eigenvalue weighted by Gasteiger charge is 2.26. The minimum Gasteiger partial charge on any atom is -0.366 e. The number of aromatic nitrogens is 1. The number of carbonyl (C=O) groups excluding carboxylic acids is 1. The van der Waals surface area contributed by atoms with E-state index in [1.54, 1.807) is 0 Å². The van der Waals surface area contributed by atoms with Crippen LogP contribution >= 0.6 is 0 Å². The quantitative estimate of drug-likeness (QED) is 0.732. The fourth-order valence-corrected chi connectivity index (χ4v) is 4.19. The Kier molecular flexibility index (Phi) is 7.51. The Balaban J connectivity index is 1.27. The lowest BCUT2D eigenvalue weighted by molar-refractivity contribution is -0.139. The molecule has 1 N–H and O–H groups in total. The molecule has 0 saturated carbocycles. The number of hydrogen-bond acceptors (Lipinski definition) is 6. The minimum absolute atomic E-state index is 0.0484. The molecule has 2 aliphatic rings. The van der Waals surface area contributed by atoms with Gasteiger partial charge in [-0.05, 0) is 29.8 Å². The number of likely N-dealkylation sites (N-methyl/N-ethyl adjacent to an activating group) is 1. The molecule has 2 aliphatic heterocycles. The van der Waals surface area contributed by atoms with Gasteiger partial charge < -0.3 is 19.9 Å². The predicted molar refractivity (Wildman–Crippen MR) is 122 cm³/mol. The number of ether oxygens (including phenoxy) is 1. The van der Waals surface area contributed by atoms with Gasteiger partial charge in [-0.2, -0.15) is 0 Å². The standard InChI is InChI=1S/C24H33N5O2/c1-2-27-10-12-29(13-11-27)23-16-21(8-9-25-23)17-26-24(30)22-19-28(14-15-31-22)18-20-6-4-3-5-7-20/h3-9,16,22H,2,10-15,17-19H2,1H3,(H,26,30). The van der Waals surface area contributed by atoms with Crippen molar-refractivity contribution >= 4 is 11.7 Å². The molecule has 166 valence electrons. The largest absolute Gasteiger partial charge is 0.366 e. The van der Waals surface area contributed by atoms with Crippen LogP contribution < -0.4 is 10.2 Å². The second kappa shape index (κ2) is 10.7. The summed E-state index contributed by atoms with van der Waals surface area (Å²) in [6, 6.07) is 14.4. The van der Waals surface area contributed by atoms with Gasteiger partial charge in [0.25, 0.3) is 5.91 Å². The monoisotopic (exact) mass is 423 g/mol. The number of anilines is 1. The predicted octanol–water partition coefficient (Wildman–Crippen LogP) is 1.74. The van der Waals surface area contributed by atoms with Crippen molar-refractivity contribution in [2.45, 2.75) is 26.1 Å². The van der Waals surface area contributed by atoms with Crippen LogP contribution in [0, 0.1) is 0 Å². The highest BCUT2D eigenvalue weighted by atomic mass is 16.5. The van der Waals surface area contributed by atoms with E-state index in [-0.39, 0.29) is 5.91 Å². The number of piperazine rings is 1. The average Bonchev–Trinajstić information content (AvgIpc) is 2.83. The number of amides is 1. The third-order valence-corrected chi connectivity index (χ3v) is 6.11. The van der Waals surface area contributed by atoms with Crippen molar-refractivity contribution in [3.05, 3.63) is 59.8 Å². The summed E-state index contributed by atoms with van der Waals surface area (Å²) >= 11 is 0. The van der Waals surface area contributed by atoms with Crippen LogP contribution in [0.5, 0.6) is 0 Å². The van der Waals surface area contributed by atoms with Crippen LogP contribution in [-0.4, -0.2) is 79.2 Å². The lowest BCUT2D eigenvalue weighted by Crippen LogP contribution is -2.49. The molecule has 0 bridgehead atoms. The van der Waals surface area contributed by atoms with Crippen LogP contribution in [0.2, 0.25) is 0 Å². The first-order chi connectivity index (χ1) is 15.2. The average molecular weight is 424 g/mol. The normalized spacial score (nSPS) is 20.5. The van der Waals surface area contributed by atoms with Crippen molar-refractivity contribution < 1.29 is 9.53 Å². The smallest absolute Gasteiger partial charge is 0.250 e. The Morgan fingerprint density at radius 3 is 2.65 bits per heavy atom. The molecule has 0 aliphatic carbocycles. The second-order valence-electron chi connectivity index (χ2n) is 8.24. The van der Waals surface area contributed by atoms with Gasteiger partial charge >= 0.3 is 0 Å². The molecule has 1 amide bonds. The number of nitrogens with one attached hydrogen (secondary N) is 1. The second-order valence-corrected chi connectivity index (χ2v) is 8.24. The van der Waals surface area contributed by atoms with Crippen molar-refractivity contribution in [1.29, 1.82) is 0 Å². The molecule has 2 aromatic rings. The zero-order valence-corrected chi connectivity index (χ0v) is 18.4. The van der Waals surface area contributed by atoms with Crippen molar-refractivity contribution in [3.63, 3.8) is 0 Å². The first-order valence-electron chi connectivity index (χ1n) is 11.3. The highest BCUT2D eigenvalue weighted by molar-refractivity contribution is 5.81. The minimum atomic E-state index is -0.430. The maximum absolute atomic E-state index is 12.7. The molecule has 4 rings (SSSR count). The van der Waals surface area contributed by atoms with E-state index in [2.05, 4.69) is 50.1 Å². The summed E-state index contributed by atoms with van der Waals surface area (Å²) in [5.41, 5.74) is 2.32. The Bertz CT molecular complexity index is 839. The number of carbonyl (C=O) groups is 1. The van der Waals surface area contributed by atoms with Gasteiger partial charge in [-0.1, -0.05) is 37.3 Å². The molecular formula is C24H33N5O2. The number of benzene rings is 1. The number of morpholine rings is 1. The van der Waals surface area contributed by atoms with Crippen LogP contribution in [0.1, 0.15) is 18.1 Å². The van der Waals surface area contributed by atoms with Crippen molar-refractivity contribution in [1.82, 2.24) is 20.1 Å². The first kappa shape index (κ1) is 21.7. The van der Waals surface area contributed by atoms with Gasteiger partial charge in [-0.3, -0.25) is 9.69 Å². The zero-order chi connectivity index (χ0) is 21.5. The van der Waals surface area contributed by atoms with E-state index >= 15 is 0 Å². The van der Waals surface area contributed by atoms with Crippen LogP contribution in [0.4, 0.5) is 5.82 Å². The van der Waals surface area contributed by atoms with Gasteiger partial charge in [-0.15, -0.1) is 0 Å². The van der Waals surface area contributed by atoms with Gasteiger partial charge in [0, 0.05) is 58.6 Å². The van der Waals surface area contributed by atoms with E-state index in [1.807, 2.05) is 30.5 Å². The van der Waals surface area contributed by atoms with Crippen molar-refractivity contribution in [3.8, 4) is 0 Å². The van der Waals surface area contributed by atoms with Crippen LogP contribution in [-0.2, 0) is 22.6 Å². The van der Waals surface area contributed by atoms with Gasteiger partial charge in [0.1, 0.15) is 11.9 Å². The zero-order valence-electron chi connectivity index (χ0n) is 18.4. The number of rotatable bonds is 7. The lowest BCUT2D eigenvalue weighted by atomic mass is 10.2. The summed E-state index contributed by atoms with van der Waals surface area (Å²) in [6.45, 7) is 10.8. The maximum atomic E-state index is 12.7. The van der Waals surface area contributed by atoms with Crippen molar-refractivity contribution in [2.24, 2.45) is 0 Å². The number of pyridine rings is 1. The summed E-state index contributed by atoms with van der Waals surface area (Å²) in [4.78, 5) is 24.3. The summed E-state index contributed by atoms with van der Waals surface area (Å²) in [5.74, 6) is 0.943. The molecule has 7 heteroatoms. The molecule has 3 heterocycles. The van der Waals surface area contributed by atoms with Crippen LogP contribution in [0.3, 0.4) is 0 Å². The molecule has 0 radical (unpaired) electrons. The highest BCUT2D eigenvalue weighted by Crippen LogP contribution is 2.16. The first-order valence-corrected chi connectivity index (χ1v) is 11.3. The Morgan fingerprint density at radius 1 is 1.06 bits per heavy atom. The van der Waals surface area contributed by atoms with Gasteiger partial charge in [0.15, 0.2) is 0 Å². The molecule has 1 atom stereocenters. The molecule has 1 aromatic carbocycles. The van der Waals surface area contributed by atoms with E-state index in [9.17, 15) is 4.79 Å². The Hall–Kier alpha value is -2.48. The third-order valence-electron chi connectivity index (χ3n) is 6.11. The summed E-state index contributed by atoms with van der Waals surface area (Å²) < 4.78 is 5.76. The number of nitrogens with zero attached hydrogens (tertiary/aromatic N) is 4. The van der Waals surface area contributed by atoms with E-state index in [0.717, 1.165) is 57.2 Å². The van der Waals surface area contributed by atoms with E-state index in [1.165, 1.54) is 5.56 Å². The third kappa shape index (κ3) is 6.03. The lowest BCUT2D eigenvalue weighted by Gasteiger charge is -2.34. The summed E-state index contributed by atoms with van der Waals surface area (Å²) in [7, 11) is 0. The molecule has 7 nitrogen and oxygen atoms in total. The SMILES string of the molecule is CCN1CCN(c2cc(CNC(=O)C3CN(Cc4ccccc4)CCO3)ccn2)CC1. The fourth-order valence-electron chi connectivity index (χ4n) is 4.19. The number of hydrogen-bond donors (Lipinski definition) is 1. The molecule has 1 unspecified atom stereocenters. The van der Waals surface area contributed by atoms with E-state index in [4.69, 9.17) is 4.74 Å². The van der Waals surface area contributed by atoms with Gasteiger partial charge in [-0.25, -0.2) is 4.98 Å². The molecular weight excluding hydrogens is 390 g/mol. The van der Waals surface area contributed by atoms with Gasteiger partial charge in [0.2, 0.25) is 0 Å². The van der Waals surface area contributed by atoms with E-state index in [0.29, 0.717) is 19.7 Å². The van der Waals surface area contributed by atoms with Gasteiger partial charge in [0.05, 0.1) is 6.61 Å². The topological polar surface area (TPSA) is 60.9 Å². The Morgan fingerprint density at radius 2 is 1.87 bits per heavy atom. The van der Waals surface area contributed by atoms with Crippen LogP contribution in [0.15, 0.2) is 48.7 Å². The van der Waals surface area contributed by atoms with Crippen LogP contribution in [0.25, 0.3) is 0 Å². The fraction of sp³-hybridized carbons (Fsp3) is 0.500. The summed E-state index contributed by atoms with van der Waals surface area (Å²) in [6.07, 6.45) is 1.41. The van der Waals surface area contributed by atoms with E-state index < -0.39 is 6.10 Å². The summed E-state index contributed by atoms with van der Waals surface area (Å²) in [5, 5.41) is 3.05. The molecule has 2 fully saturated rings. The Labute approximate surface area is 185 Å². The molecule has 1 aromatic heterocycles. The van der Waals surface area contributed by atoms with Crippen molar-refractivity contribution in [2.75, 3.05) is 57.3 Å². The maximum Gasteiger partial charge on any atom is 0.250 e.